The lowest BCUT2D eigenvalue weighted by Crippen LogP contribution is -2.43. The summed E-state index contributed by atoms with van der Waals surface area (Å²) in [6.45, 7) is 4.09. The maximum atomic E-state index is 12.5. The van der Waals surface area contributed by atoms with Crippen molar-refractivity contribution in [3.63, 3.8) is 0 Å². The average Bonchev–Trinajstić information content (AvgIpc) is 2.41. The van der Waals surface area contributed by atoms with Gasteiger partial charge in [-0.25, -0.2) is 0 Å². The smallest absolute Gasteiger partial charge is 0.256 e. The van der Waals surface area contributed by atoms with Gasteiger partial charge in [0.05, 0.1) is 11.7 Å². The van der Waals surface area contributed by atoms with Crippen LogP contribution in [-0.2, 0) is 4.74 Å². The first-order valence-corrected chi connectivity index (χ1v) is 7.37. The molecule has 1 aliphatic heterocycles. The maximum absolute atomic E-state index is 12.5. The third kappa shape index (κ3) is 3.48. The number of ether oxygens (including phenoxy) is 1. The van der Waals surface area contributed by atoms with E-state index in [0.717, 1.165) is 23.9 Å². The molecule has 2 N–H and O–H groups in total. The summed E-state index contributed by atoms with van der Waals surface area (Å²) >= 11 is 3.37. The SMILES string of the molecule is CCOC1CCCN(C(=O)c2cc(Br)ccc2N)C1. The normalized spacial score (nSPS) is 19.5. The first kappa shape index (κ1) is 14.3. The van der Waals surface area contributed by atoms with Gasteiger partial charge in [-0.2, -0.15) is 0 Å². The van der Waals surface area contributed by atoms with E-state index in [-0.39, 0.29) is 12.0 Å². The Bertz CT molecular complexity index is 463. The number of nitrogen functional groups attached to an aromatic ring is 1. The largest absolute Gasteiger partial charge is 0.398 e. The molecule has 0 saturated carbocycles. The van der Waals surface area contributed by atoms with Crippen molar-refractivity contribution >= 4 is 27.5 Å². The second-order valence-electron chi connectivity index (χ2n) is 4.70. The Hall–Kier alpha value is -1.07. The second-order valence-corrected chi connectivity index (χ2v) is 5.62. The van der Waals surface area contributed by atoms with Gasteiger partial charge in [0, 0.05) is 29.9 Å². The quantitative estimate of drug-likeness (QED) is 0.869. The Balaban J connectivity index is 2.12. The Morgan fingerprint density at radius 3 is 3.11 bits per heavy atom. The molecule has 1 saturated heterocycles. The predicted octanol–water partition coefficient (Wildman–Crippen LogP) is 2.67. The zero-order valence-corrected chi connectivity index (χ0v) is 12.6. The van der Waals surface area contributed by atoms with Gasteiger partial charge in [0.2, 0.25) is 0 Å². The second kappa shape index (κ2) is 6.39. The molecule has 4 nitrogen and oxygen atoms in total. The molecule has 0 radical (unpaired) electrons. The van der Waals surface area contributed by atoms with E-state index in [1.54, 1.807) is 12.1 Å². The molecule has 1 aromatic carbocycles. The number of carbonyl (C=O) groups excluding carboxylic acids is 1. The van der Waals surface area contributed by atoms with Gasteiger partial charge >= 0.3 is 0 Å². The summed E-state index contributed by atoms with van der Waals surface area (Å²) in [5.74, 6) is -0.0109. The van der Waals surface area contributed by atoms with Crippen LogP contribution in [0.4, 0.5) is 5.69 Å². The van der Waals surface area contributed by atoms with Gasteiger partial charge in [0.1, 0.15) is 0 Å². The molecule has 1 amide bonds. The monoisotopic (exact) mass is 326 g/mol. The van der Waals surface area contributed by atoms with E-state index < -0.39 is 0 Å². The zero-order chi connectivity index (χ0) is 13.8. The van der Waals surface area contributed by atoms with Crippen molar-refractivity contribution < 1.29 is 9.53 Å². The molecule has 0 bridgehead atoms. The lowest BCUT2D eigenvalue weighted by Gasteiger charge is -2.32. The lowest BCUT2D eigenvalue weighted by molar-refractivity contribution is 0.00728. The molecule has 0 aliphatic carbocycles. The van der Waals surface area contributed by atoms with Gasteiger partial charge in [-0.1, -0.05) is 15.9 Å². The van der Waals surface area contributed by atoms with Crippen molar-refractivity contribution in [2.75, 3.05) is 25.4 Å². The summed E-state index contributed by atoms with van der Waals surface area (Å²) < 4.78 is 6.48. The number of piperidine rings is 1. The van der Waals surface area contributed by atoms with Crippen molar-refractivity contribution in [1.82, 2.24) is 4.90 Å². The Labute approximate surface area is 122 Å². The maximum Gasteiger partial charge on any atom is 0.256 e. The number of hydrogen-bond donors (Lipinski definition) is 1. The van der Waals surface area contributed by atoms with E-state index in [4.69, 9.17) is 10.5 Å². The molecular formula is C14H19BrN2O2. The summed E-state index contributed by atoms with van der Waals surface area (Å²) in [6.07, 6.45) is 2.15. The molecule has 1 unspecified atom stereocenters. The summed E-state index contributed by atoms with van der Waals surface area (Å²) in [4.78, 5) is 14.3. The van der Waals surface area contributed by atoms with Crippen LogP contribution in [0.1, 0.15) is 30.1 Å². The van der Waals surface area contributed by atoms with Crippen LogP contribution in [-0.4, -0.2) is 36.6 Å². The van der Waals surface area contributed by atoms with Crippen molar-refractivity contribution in [2.24, 2.45) is 0 Å². The minimum atomic E-state index is -0.0109. The first-order valence-electron chi connectivity index (χ1n) is 6.57. The number of benzene rings is 1. The highest BCUT2D eigenvalue weighted by Gasteiger charge is 2.25. The molecule has 5 heteroatoms. The van der Waals surface area contributed by atoms with E-state index in [1.807, 2.05) is 17.9 Å². The number of nitrogens with zero attached hydrogens (tertiary/aromatic N) is 1. The van der Waals surface area contributed by atoms with E-state index in [2.05, 4.69) is 15.9 Å². The topological polar surface area (TPSA) is 55.6 Å². The number of likely N-dealkylation sites (tertiary alicyclic amines) is 1. The molecule has 1 fully saturated rings. The van der Waals surface area contributed by atoms with E-state index in [1.165, 1.54) is 0 Å². The summed E-state index contributed by atoms with van der Waals surface area (Å²) in [5, 5.41) is 0. The molecule has 104 valence electrons. The highest BCUT2D eigenvalue weighted by atomic mass is 79.9. The van der Waals surface area contributed by atoms with Crippen LogP contribution < -0.4 is 5.73 Å². The first-order chi connectivity index (χ1) is 9.11. The predicted molar refractivity (Wildman–Crippen MR) is 79.1 cm³/mol. The number of amides is 1. The highest BCUT2D eigenvalue weighted by molar-refractivity contribution is 9.10. The van der Waals surface area contributed by atoms with Crippen LogP contribution in [0.2, 0.25) is 0 Å². The molecule has 19 heavy (non-hydrogen) atoms. The van der Waals surface area contributed by atoms with Crippen LogP contribution in [0.25, 0.3) is 0 Å². The van der Waals surface area contributed by atoms with E-state index in [0.29, 0.717) is 24.4 Å². The van der Waals surface area contributed by atoms with Gasteiger partial charge in [-0.15, -0.1) is 0 Å². The fourth-order valence-corrected chi connectivity index (χ4v) is 2.74. The van der Waals surface area contributed by atoms with Crippen LogP contribution in [0, 0.1) is 0 Å². The van der Waals surface area contributed by atoms with Gasteiger partial charge in [0.15, 0.2) is 0 Å². The van der Waals surface area contributed by atoms with Crippen molar-refractivity contribution in [3.8, 4) is 0 Å². The fourth-order valence-electron chi connectivity index (χ4n) is 2.38. The Morgan fingerprint density at radius 2 is 2.37 bits per heavy atom. The standard InChI is InChI=1S/C14H19BrN2O2/c1-2-19-11-4-3-7-17(9-11)14(18)12-8-10(15)5-6-13(12)16/h5-6,8,11H,2-4,7,9,16H2,1H3. The van der Waals surface area contributed by atoms with E-state index in [9.17, 15) is 4.79 Å². The molecular weight excluding hydrogens is 308 g/mol. The lowest BCUT2D eigenvalue weighted by atomic mass is 10.1. The number of rotatable bonds is 3. The number of hydrogen-bond acceptors (Lipinski definition) is 3. The van der Waals surface area contributed by atoms with Crippen molar-refractivity contribution in [3.05, 3.63) is 28.2 Å². The fraction of sp³-hybridized carbons (Fsp3) is 0.500. The molecule has 0 spiro atoms. The number of carbonyl (C=O) groups is 1. The highest BCUT2D eigenvalue weighted by Crippen LogP contribution is 2.22. The van der Waals surface area contributed by atoms with Crippen LogP contribution in [0.3, 0.4) is 0 Å². The Morgan fingerprint density at radius 1 is 1.58 bits per heavy atom. The van der Waals surface area contributed by atoms with Gasteiger partial charge < -0.3 is 15.4 Å². The van der Waals surface area contributed by atoms with Crippen LogP contribution in [0.15, 0.2) is 22.7 Å². The minimum absolute atomic E-state index is 0.0109. The van der Waals surface area contributed by atoms with Gasteiger partial charge in [-0.3, -0.25) is 4.79 Å². The van der Waals surface area contributed by atoms with Crippen LogP contribution >= 0.6 is 15.9 Å². The summed E-state index contributed by atoms with van der Waals surface area (Å²) in [5.41, 5.74) is 6.97. The number of halogens is 1. The third-order valence-electron chi connectivity index (χ3n) is 3.31. The minimum Gasteiger partial charge on any atom is -0.398 e. The van der Waals surface area contributed by atoms with Crippen molar-refractivity contribution in [2.45, 2.75) is 25.9 Å². The zero-order valence-electron chi connectivity index (χ0n) is 11.1. The van der Waals surface area contributed by atoms with Crippen molar-refractivity contribution in [1.29, 1.82) is 0 Å². The van der Waals surface area contributed by atoms with Crippen LogP contribution in [0.5, 0.6) is 0 Å². The number of nitrogens with two attached hydrogens (primary N) is 1. The molecule has 2 rings (SSSR count). The molecule has 1 heterocycles. The summed E-state index contributed by atoms with van der Waals surface area (Å²) in [7, 11) is 0. The molecule has 1 aliphatic rings. The van der Waals surface area contributed by atoms with Gasteiger partial charge in [0.25, 0.3) is 5.91 Å². The molecule has 1 atom stereocenters. The number of anilines is 1. The summed E-state index contributed by atoms with van der Waals surface area (Å²) in [6, 6.07) is 5.37. The molecule has 0 aromatic heterocycles. The average molecular weight is 327 g/mol. The van der Waals surface area contributed by atoms with Gasteiger partial charge in [-0.05, 0) is 38.0 Å². The third-order valence-corrected chi connectivity index (χ3v) is 3.81. The molecule has 1 aromatic rings. The Kier molecular flexibility index (Phi) is 4.82. The van der Waals surface area contributed by atoms with E-state index >= 15 is 0 Å².